The first-order valence-electron chi connectivity index (χ1n) is 9.74. The minimum atomic E-state index is -3.07. The third-order valence-corrected chi connectivity index (χ3v) is 4.61. The van der Waals surface area contributed by atoms with Crippen molar-refractivity contribution in [1.82, 2.24) is 25.0 Å². The third kappa shape index (κ3) is 5.19. The van der Waals surface area contributed by atoms with Crippen molar-refractivity contribution < 1.29 is 22.8 Å². The van der Waals surface area contributed by atoms with Crippen molar-refractivity contribution in [3.05, 3.63) is 53.8 Å². The summed E-state index contributed by atoms with van der Waals surface area (Å²) in [5, 5.41) is 3.91. The molecular weight excluding hydrogens is 408 g/mol. The number of carbonyl (C=O) groups excluding carboxylic acids is 1. The minimum absolute atomic E-state index is 0.103. The van der Waals surface area contributed by atoms with E-state index in [0.29, 0.717) is 29.4 Å². The van der Waals surface area contributed by atoms with Crippen LogP contribution in [0.1, 0.15) is 42.7 Å². The van der Waals surface area contributed by atoms with Crippen LogP contribution in [-0.4, -0.2) is 50.1 Å². The molecule has 0 bridgehead atoms. The number of aromatic nitrogens is 4. The highest BCUT2D eigenvalue weighted by Gasteiger charge is 2.27. The zero-order chi connectivity index (χ0) is 22.6. The van der Waals surface area contributed by atoms with Crippen molar-refractivity contribution in [1.29, 1.82) is 0 Å². The number of amides is 1. The van der Waals surface area contributed by atoms with Crippen molar-refractivity contribution >= 4 is 5.91 Å². The Kier molecular flexibility index (Phi) is 6.57. The summed E-state index contributed by atoms with van der Waals surface area (Å²) in [5.74, 6) is -2.45. The lowest BCUT2D eigenvalue weighted by atomic mass is 10.0. The Morgan fingerprint density at radius 3 is 2.58 bits per heavy atom. The fourth-order valence-corrected chi connectivity index (χ4v) is 3.00. The van der Waals surface area contributed by atoms with Crippen LogP contribution in [0.25, 0.3) is 11.4 Å². The quantitative estimate of drug-likeness (QED) is 0.534. The van der Waals surface area contributed by atoms with Crippen LogP contribution in [0.15, 0.2) is 41.2 Å². The van der Waals surface area contributed by atoms with Crippen LogP contribution in [0.5, 0.6) is 5.88 Å². The molecule has 1 aromatic carbocycles. The van der Waals surface area contributed by atoms with Crippen molar-refractivity contribution in [2.45, 2.75) is 39.7 Å². The number of alkyl halides is 2. The zero-order valence-corrected chi connectivity index (χ0v) is 17.7. The topological polar surface area (TPSA) is 94.2 Å². The molecule has 0 aliphatic carbocycles. The molecule has 2 aromatic heterocycles. The Morgan fingerprint density at radius 1 is 1.26 bits per heavy atom. The molecule has 0 N–H and O–H groups in total. The molecule has 0 saturated heterocycles. The van der Waals surface area contributed by atoms with Crippen LogP contribution in [0.2, 0.25) is 0 Å². The van der Waals surface area contributed by atoms with Crippen molar-refractivity contribution in [2.24, 2.45) is 0 Å². The number of aryl methyl sites for hydroxylation is 1. The molecule has 2 heterocycles. The molecule has 31 heavy (non-hydrogen) atoms. The second-order valence-corrected chi connectivity index (χ2v) is 7.06. The van der Waals surface area contributed by atoms with E-state index in [0.717, 1.165) is 19.3 Å². The van der Waals surface area contributed by atoms with E-state index in [1.165, 1.54) is 0 Å². The van der Waals surface area contributed by atoms with Crippen LogP contribution in [0.4, 0.5) is 8.78 Å². The summed E-state index contributed by atoms with van der Waals surface area (Å²) in [5.41, 5.74) is 0.566. The van der Waals surface area contributed by atoms with Gasteiger partial charge < -0.3 is 14.2 Å². The van der Waals surface area contributed by atoms with Gasteiger partial charge in [0.2, 0.25) is 17.6 Å². The number of rotatable bonds is 8. The summed E-state index contributed by atoms with van der Waals surface area (Å²) in [4.78, 5) is 26.7. The smallest absolute Gasteiger partial charge is 0.288 e. The lowest BCUT2D eigenvalue weighted by molar-refractivity contribution is 0.0121. The standard InChI is InChI=1S/C21H23F2N5O3/c1-5-28(13(2)12-30-18-11-24-17(10-25-18)21(4,22)23)20(29)16-9-7-6-8-15(16)19-26-14(3)31-27-19/h6-11,13H,5,12H2,1-4H3/t13-/m0/s1. The first-order valence-corrected chi connectivity index (χ1v) is 9.74. The summed E-state index contributed by atoms with van der Waals surface area (Å²) in [6.45, 7) is 6.64. The molecule has 164 valence electrons. The van der Waals surface area contributed by atoms with Crippen LogP contribution in [0, 0.1) is 6.92 Å². The molecule has 3 aromatic rings. The van der Waals surface area contributed by atoms with E-state index in [1.54, 1.807) is 36.1 Å². The van der Waals surface area contributed by atoms with Crippen molar-refractivity contribution in [3.8, 4) is 17.3 Å². The summed E-state index contributed by atoms with van der Waals surface area (Å²) in [6, 6.07) is 6.69. The lowest BCUT2D eigenvalue weighted by Gasteiger charge is -2.28. The Balaban J connectivity index is 1.72. The fraction of sp³-hybridized carbons (Fsp3) is 0.381. The van der Waals surface area contributed by atoms with E-state index in [4.69, 9.17) is 9.26 Å². The van der Waals surface area contributed by atoms with Gasteiger partial charge in [-0.05, 0) is 19.9 Å². The number of nitrogens with zero attached hydrogens (tertiary/aromatic N) is 5. The predicted molar refractivity (Wildman–Crippen MR) is 108 cm³/mol. The third-order valence-electron chi connectivity index (χ3n) is 4.61. The molecule has 0 radical (unpaired) electrons. The normalized spacial score (nSPS) is 12.5. The minimum Gasteiger partial charge on any atom is -0.474 e. The van der Waals surface area contributed by atoms with Crippen LogP contribution >= 0.6 is 0 Å². The van der Waals surface area contributed by atoms with Gasteiger partial charge in [-0.2, -0.15) is 13.8 Å². The molecule has 1 atom stereocenters. The summed E-state index contributed by atoms with van der Waals surface area (Å²) in [6.07, 6.45) is 2.12. The number of hydrogen-bond acceptors (Lipinski definition) is 7. The average molecular weight is 431 g/mol. The van der Waals surface area contributed by atoms with Crippen molar-refractivity contribution in [2.75, 3.05) is 13.2 Å². The van der Waals surface area contributed by atoms with Crippen molar-refractivity contribution in [3.63, 3.8) is 0 Å². The molecule has 10 heteroatoms. The molecule has 0 saturated carbocycles. The molecular formula is C21H23F2N5O3. The Labute approximate surface area is 178 Å². The van der Waals surface area contributed by atoms with Crippen LogP contribution in [0.3, 0.4) is 0 Å². The summed E-state index contributed by atoms with van der Waals surface area (Å²) >= 11 is 0. The van der Waals surface area contributed by atoms with E-state index < -0.39 is 11.6 Å². The van der Waals surface area contributed by atoms with Gasteiger partial charge in [0.1, 0.15) is 12.3 Å². The maximum Gasteiger partial charge on any atom is 0.288 e. The van der Waals surface area contributed by atoms with E-state index >= 15 is 0 Å². The molecule has 0 spiro atoms. The van der Waals surface area contributed by atoms with E-state index in [1.807, 2.05) is 13.8 Å². The molecule has 0 unspecified atom stereocenters. The van der Waals surface area contributed by atoms with E-state index in [-0.39, 0.29) is 24.4 Å². The Bertz CT molecular complexity index is 1030. The van der Waals surface area contributed by atoms with Gasteiger partial charge in [0.15, 0.2) is 0 Å². The van der Waals surface area contributed by atoms with E-state index in [2.05, 4.69) is 20.1 Å². The highest BCUT2D eigenvalue weighted by molar-refractivity contribution is 6.00. The van der Waals surface area contributed by atoms with Gasteiger partial charge in [-0.15, -0.1) is 0 Å². The second-order valence-electron chi connectivity index (χ2n) is 7.06. The SMILES string of the molecule is CCN(C(=O)c1ccccc1-c1noc(C)n1)[C@@H](C)COc1cnc(C(C)(F)F)cn1. The molecule has 8 nitrogen and oxygen atoms in total. The van der Waals surface area contributed by atoms with Gasteiger partial charge in [-0.25, -0.2) is 9.97 Å². The molecule has 0 aliphatic rings. The Hall–Kier alpha value is -3.43. The first kappa shape index (κ1) is 22.3. The number of ether oxygens (including phenoxy) is 1. The fourth-order valence-electron chi connectivity index (χ4n) is 3.00. The molecule has 3 rings (SSSR count). The van der Waals surface area contributed by atoms with Gasteiger partial charge in [0, 0.05) is 26.0 Å². The van der Waals surface area contributed by atoms with Gasteiger partial charge in [0.05, 0.1) is 24.0 Å². The summed E-state index contributed by atoms with van der Waals surface area (Å²) < 4.78 is 37.1. The van der Waals surface area contributed by atoms with Crippen LogP contribution < -0.4 is 4.74 Å². The van der Waals surface area contributed by atoms with Gasteiger partial charge in [-0.1, -0.05) is 23.4 Å². The van der Waals surface area contributed by atoms with Gasteiger partial charge in [-0.3, -0.25) is 4.79 Å². The average Bonchev–Trinajstić information content (AvgIpc) is 3.18. The largest absolute Gasteiger partial charge is 0.474 e. The van der Waals surface area contributed by atoms with Crippen LogP contribution in [-0.2, 0) is 5.92 Å². The number of hydrogen-bond donors (Lipinski definition) is 0. The van der Waals surface area contributed by atoms with Gasteiger partial charge >= 0.3 is 0 Å². The Morgan fingerprint density at radius 2 is 2.00 bits per heavy atom. The predicted octanol–water partition coefficient (Wildman–Crippen LogP) is 3.88. The zero-order valence-electron chi connectivity index (χ0n) is 17.7. The maximum atomic E-state index is 13.3. The number of likely N-dealkylation sites (N-methyl/N-ethyl adjacent to an activating group) is 1. The summed E-state index contributed by atoms with van der Waals surface area (Å²) in [7, 11) is 0. The molecule has 0 aliphatic heterocycles. The highest BCUT2D eigenvalue weighted by atomic mass is 19.3. The molecule has 1 amide bonds. The second kappa shape index (κ2) is 9.15. The number of carbonyl (C=O) groups is 1. The monoisotopic (exact) mass is 431 g/mol. The lowest BCUT2D eigenvalue weighted by Crippen LogP contribution is -2.42. The van der Waals surface area contributed by atoms with E-state index in [9.17, 15) is 13.6 Å². The van der Waals surface area contributed by atoms with Gasteiger partial charge in [0.25, 0.3) is 11.8 Å². The maximum absolute atomic E-state index is 13.3. The highest BCUT2D eigenvalue weighted by Crippen LogP contribution is 2.25. The number of benzene rings is 1. The number of halogens is 2. The molecule has 0 fully saturated rings. The first-order chi connectivity index (χ1) is 14.7.